The molecule has 4 aromatic rings. The second kappa shape index (κ2) is 31.7. The van der Waals surface area contributed by atoms with Gasteiger partial charge >= 0.3 is 11.9 Å². The van der Waals surface area contributed by atoms with E-state index in [-0.39, 0.29) is 69.1 Å². The highest BCUT2D eigenvalue weighted by molar-refractivity contribution is 5.98. The zero-order valence-corrected chi connectivity index (χ0v) is 47.2. The summed E-state index contributed by atoms with van der Waals surface area (Å²) >= 11 is 0. The third-order valence-electron chi connectivity index (χ3n) is 12.8. The van der Waals surface area contributed by atoms with Crippen LogP contribution in [0.2, 0.25) is 0 Å². The molecule has 0 bridgehead atoms. The minimum atomic E-state index is -1.65. The molecule has 444 valence electrons. The van der Waals surface area contributed by atoms with Gasteiger partial charge in [-0.25, -0.2) is 9.59 Å². The van der Waals surface area contributed by atoms with Gasteiger partial charge in [0, 0.05) is 26.4 Å². The minimum absolute atomic E-state index is 0. The zero-order chi connectivity index (χ0) is 58.6. The molecule has 1 fully saturated rings. The third kappa shape index (κ3) is 18.3. The predicted molar refractivity (Wildman–Crippen MR) is 302 cm³/mol. The van der Waals surface area contributed by atoms with Crippen molar-refractivity contribution >= 4 is 35.7 Å². The Morgan fingerprint density at radius 2 is 0.976 bits per heavy atom. The Kier molecular flexibility index (Phi) is 25.3. The second-order valence-electron chi connectivity index (χ2n) is 19.2. The maximum atomic E-state index is 13.7. The Bertz CT molecular complexity index is 2850. The number of rotatable bonds is 16. The zero-order valence-electron chi connectivity index (χ0n) is 47.2. The van der Waals surface area contributed by atoms with Gasteiger partial charge in [0.2, 0.25) is 0 Å². The summed E-state index contributed by atoms with van der Waals surface area (Å²) in [5, 5.41) is 20.7. The molecule has 0 spiro atoms. The summed E-state index contributed by atoms with van der Waals surface area (Å²) in [6.07, 6.45) is 4.80. The summed E-state index contributed by atoms with van der Waals surface area (Å²) in [6, 6.07) is 21.1. The lowest BCUT2D eigenvalue weighted by molar-refractivity contribution is -0.152. The first-order chi connectivity index (χ1) is 38.9. The van der Waals surface area contributed by atoms with Gasteiger partial charge in [-0.3, -0.25) is 9.59 Å². The van der Waals surface area contributed by atoms with Crippen LogP contribution in [-0.4, -0.2) is 145 Å². The quantitative estimate of drug-likeness (QED) is 0.0788. The fourth-order valence-corrected chi connectivity index (χ4v) is 8.55. The van der Waals surface area contributed by atoms with Crippen molar-refractivity contribution in [2.45, 2.75) is 116 Å². The van der Waals surface area contributed by atoms with Gasteiger partial charge in [-0.1, -0.05) is 56.0 Å². The molecule has 3 aliphatic heterocycles. The van der Waals surface area contributed by atoms with Crippen LogP contribution in [0.15, 0.2) is 109 Å². The summed E-state index contributed by atoms with van der Waals surface area (Å²) in [7, 11) is 9.09. The van der Waals surface area contributed by atoms with Crippen molar-refractivity contribution in [1.82, 2.24) is 0 Å². The summed E-state index contributed by atoms with van der Waals surface area (Å²) in [4.78, 5) is 53.0. The van der Waals surface area contributed by atoms with Crippen LogP contribution in [0.3, 0.4) is 0 Å². The lowest BCUT2D eigenvalue weighted by Gasteiger charge is -2.24. The van der Waals surface area contributed by atoms with E-state index in [2.05, 4.69) is 0 Å². The summed E-state index contributed by atoms with van der Waals surface area (Å²) in [6.45, 7) is 6.98. The van der Waals surface area contributed by atoms with Crippen LogP contribution < -0.4 is 28.4 Å². The number of aliphatic hydroxyl groups is 2. The van der Waals surface area contributed by atoms with Crippen molar-refractivity contribution in [1.29, 1.82) is 0 Å². The fraction of sp³-hybridized carbons (Fsp3) is 0.419. The number of cyclic esters (lactones) is 2. The van der Waals surface area contributed by atoms with E-state index < -0.39 is 72.3 Å². The lowest BCUT2D eigenvalue weighted by atomic mass is 10.0. The number of carbonyl (C=O) groups excluding carboxylic acids is 4. The van der Waals surface area contributed by atoms with E-state index in [0.29, 0.717) is 34.8 Å². The first kappa shape index (κ1) is 65.4. The summed E-state index contributed by atoms with van der Waals surface area (Å²) in [5.41, 5.74) is 2.89. The number of ether oxygens (including phenoxy) is 14. The van der Waals surface area contributed by atoms with Crippen molar-refractivity contribution in [2.24, 2.45) is 0 Å². The smallest absolute Gasteiger partial charge is 0.342 e. The summed E-state index contributed by atoms with van der Waals surface area (Å²) < 4.78 is 78.6. The van der Waals surface area contributed by atoms with E-state index in [9.17, 15) is 29.4 Å². The lowest BCUT2D eigenvalue weighted by Crippen LogP contribution is -2.34. The Morgan fingerprint density at radius 3 is 1.40 bits per heavy atom. The molecular formula is C62H76O20. The highest BCUT2D eigenvalue weighted by Gasteiger charge is 2.44. The van der Waals surface area contributed by atoms with Gasteiger partial charge in [0.25, 0.3) is 0 Å². The normalized spacial score (nSPS) is 23.5. The van der Waals surface area contributed by atoms with Gasteiger partial charge in [-0.2, -0.15) is 0 Å². The molecule has 0 unspecified atom stereocenters. The van der Waals surface area contributed by atoms with Gasteiger partial charge in [0.05, 0.1) is 53.9 Å². The summed E-state index contributed by atoms with van der Waals surface area (Å²) in [5.74, 6) is -0.564. The Labute approximate surface area is 479 Å². The Morgan fingerprint density at radius 1 is 0.549 bits per heavy atom. The van der Waals surface area contributed by atoms with Crippen LogP contribution in [0.1, 0.15) is 90.9 Å². The van der Waals surface area contributed by atoms with E-state index in [1.807, 2.05) is 42.5 Å². The van der Waals surface area contributed by atoms with Crippen molar-refractivity contribution in [3.05, 3.63) is 143 Å². The minimum Gasteiger partial charge on any atom is -0.497 e. The first-order valence-electron chi connectivity index (χ1n) is 26.0. The molecule has 82 heavy (non-hydrogen) atoms. The van der Waals surface area contributed by atoms with Crippen molar-refractivity contribution in [3.63, 3.8) is 0 Å². The van der Waals surface area contributed by atoms with Gasteiger partial charge in [0.15, 0.2) is 30.9 Å². The number of esters is 2. The highest BCUT2D eigenvalue weighted by Crippen LogP contribution is 2.36. The average molecular weight is 1140 g/mol. The van der Waals surface area contributed by atoms with E-state index in [1.54, 1.807) is 90.5 Å². The Hall–Kier alpha value is -7.40. The number of benzene rings is 4. The molecule has 0 saturated carbocycles. The van der Waals surface area contributed by atoms with Crippen molar-refractivity contribution < 1.29 is 95.7 Å². The van der Waals surface area contributed by atoms with Gasteiger partial charge in [0.1, 0.15) is 82.2 Å². The monoisotopic (exact) mass is 1140 g/mol. The predicted octanol–water partition coefficient (Wildman–Crippen LogP) is 8.60. The molecule has 3 heterocycles. The van der Waals surface area contributed by atoms with Crippen LogP contribution in [0.4, 0.5) is 0 Å². The molecule has 2 N–H and O–H groups in total. The third-order valence-corrected chi connectivity index (χ3v) is 12.8. The number of hydrogen-bond donors (Lipinski definition) is 2. The maximum Gasteiger partial charge on any atom is 0.342 e. The molecule has 0 aliphatic carbocycles. The van der Waals surface area contributed by atoms with Crippen molar-refractivity contribution in [3.8, 4) is 34.5 Å². The van der Waals surface area contributed by atoms with Gasteiger partial charge in [-0.05, 0) is 123 Å². The number of aliphatic hydroxyl groups excluding tert-OH is 2. The fourth-order valence-electron chi connectivity index (χ4n) is 8.55. The molecule has 1 saturated heterocycles. The van der Waals surface area contributed by atoms with Gasteiger partial charge in [-0.15, -0.1) is 0 Å². The average Bonchev–Trinajstić information content (AvgIpc) is 3.82. The molecule has 20 heteroatoms. The van der Waals surface area contributed by atoms with E-state index in [1.165, 1.54) is 52.7 Å². The molecule has 0 aromatic heterocycles. The van der Waals surface area contributed by atoms with Gasteiger partial charge < -0.3 is 76.5 Å². The molecule has 4 aromatic carbocycles. The van der Waals surface area contributed by atoms with Crippen LogP contribution in [-0.2, 0) is 60.7 Å². The molecule has 3 aliphatic rings. The molecule has 7 rings (SSSR count). The first-order valence-corrected chi connectivity index (χ1v) is 26.0. The van der Waals surface area contributed by atoms with Crippen LogP contribution in [0.5, 0.6) is 34.5 Å². The standard InChI is InChI=1S/C32H38O10.C29H34O10.CH4/c1-20-26(38-18-21-10-12-23(36-5)13-11-21)15-14-25(33)30-27(41-32(2,3)42-30)9-7-8-22-16-24(37-6)17-28(39-19-35-4)29(22)31(34)40-20;1-18-25(37-16-19-8-10-21(35-3)11-9-19)13-12-24(31)28(32)23(30)7-5-6-20-14-22(36-4)15-26(38-17-34-2)27(20)29(33)39-18;/h7-8,10-17,20,26-27,30H,9,18-19H2,1-6H3;5-6,8-15,18,23,25,28,30,32H,7,16-17H2,1-4H3;1H4/b8-7?,15-14-;6-5?,13-12-;/t20-,26+,27-,30+;18-,23-,25+,28-;/m00./s1. The molecule has 8 atom stereocenters. The van der Waals surface area contributed by atoms with Crippen molar-refractivity contribution in [2.75, 3.05) is 56.2 Å². The number of methoxy groups -OCH3 is 6. The van der Waals surface area contributed by atoms with E-state index in [0.717, 1.165) is 23.0 Å². The second-order valence-corrected chi connectivity index (χ2v) is 19.2. The molecule has 0 amide bonds. The van der Waals surface area contributed by atoms with Crippen LogP contribution >= 0.6 is 0 Å². The SMILES string of the molecule is C.COCOc1cc(OC)cc2c1C(=O)O[C@@H](C)[C@H](OCc1ccc(OC)cc1)/C=C\C(=O)[C@@H](O)[C@@H](O)CC=C2.COCOc1cc(OC)cc2c1C(=O)O[C@@H](C)[C@H](OCc1ccc(OC)cc1)/C=C\C(=O)[C@H]1OC(C)(C)O[C@H]1CC=C2. The largest absolute Gasteiger partial charge is 0.497 e. The van der Waals surface area contributed by atoms with E-state index >= 15 is 0 Å². The number of hydrogen-bond acceptors (Lipinski definition) is 20. The highest BCUT2D eigenvalue weighted by atomic mass is 16.8. The molecular weight excluding hydrogens is 1060 g/mol. The number of ketones is 2. The Balaban J connectivity index is 0.000000298. The maximum absolute atomic E-state index is 13.7. The topological polar surface area (TPSA) is 238 Å². The van der Waals surface area contributed by atoms with Crippen LogP contribution in [0.25, 0.3) is 12.2 Å². The van der Waals surface area contributed by atoms with E-state index in [4.69, 9.17) is 66.3 Å². The number of fused-ring (bicyclic) bond motifs is 3. The molecule has 0 radical (unpaired) electrons. The number of carbonyl (C=O) groups is 4. The van der Waals surface area contributed by atoms with Crippen LogP contribution in [0, 0.1) is 0 Å². The molecule has 20 nitrogen and oxygen atoms in total.